The lowest BCUT2D eigenvalue weighted by molar-refractivity contribution is -0.370. The molecule has 13 nitrogen and oxygen atoms in total. The fourth-order valence-electron chi connectivity index (χ4n) is 8.95. The van der Waals surface area contributed by atoms with Crippen molar-refractivity contribution in [3.05, 3.63) is 228 Å². The number of unbranched alkanes of at least 4 members (excludes halogenated alkanes) is 1. The highest BCUT2D eigenvalue weighted by Gasteiger charge is 2.56. The van der Waals surface area contributed by atoms with Gasteiger partial charge in [-0.05, 0) is 73.6 Å². The van der Waals surface area contributed by atoms with Gasteiger partial charge < -0.3 is 52.1 Å². The van der Waals surface area contributed by atoms with Gasteiger partial charge in [-0.1, -0.05) is 176 Å². The van der Waals surface area contributed by atoms with Crippen LogP contribution in [0.2, 0.25) is 0 Å². The summed E-state index contributed by atoms with van der Waals surface area (Å²) >= 11 is 0. The Morgan fingerprint density at radius 1 is 0.468 bits per heavy atom. The molecule has 0 saturated carbocycles. The van der Waals surface area contributed by atoms with Crippen molar-refractivity contribution in [2.75, 3.05) is 19.8 Å². The van der Waals surface area contributed by atoms with Crippen molar-refractivity contribution >= 4 is 11.9 Å². The van der Waals surface area contributed by atoms with Gasteiger partial charge >= 0.3 is 11.9 Å². The van der Waals surface area contributed by atoms with Gasteiger partial charge in [-0.3, -0.25) is 4.79 Å². The maximum atomic E-state index is 14.4. The molecule has 0 aliphatic carbocycles. The van der Waals surface area contributed by atoms with Crippen molar-refractivity contribution in [1.29, 1.82) is 0 Å². The predicted molar refractivity (Wildman–Crippen MR) is 290 cm³/mol. The zero-order valence-electron chi connectivity index (χ0n) is 44.3. The summed E-state index contributed by atoms with van der Waals surface area (Å²) in [5, 5.41) is 0. The van der Waals surface area contributed by atoms with Crippen LogP contribution < -0.4 is 0 Å². The Morgan fingerprint density at radius 2 is 0.857 bits per heavy atom. The zero-order chi connectivity index (χ0) is 53.7. The van der Waals surface area contributed by atoms with Gasteiger partial charge in [-0.25, -0.2) is 4.79 Å². The highest BCUT2D eigenvalue weighted by atomic mass is 16.8. The predicted octanol–water partition coefficient (Wildman–Crippen LogP) is 11.2. The average Bonchev–Trinajstić information content (AvgIpc) is 3.47. The number of benzene rings is 6. The van der Waals surface area contributed by atoms with Crippen LogP contribution in [0.15, 0.2) is 195 Å². The molecule has 2 aliphatic rings. The van der Waals surface area contributed by atoms with Gasteiger partial charge in [-0.2, -0.15) is 0 Å². The number of hydrogen-bond acceptors (Lipinski definition) is 13. The highest BCUT2D eigenvalue weighted by molar-refractivity contribution is 5.89. The third kappa shape index (κ3) is 17.1. The number of esters is 2. The summed E-state index contributed by atoms with van der Waals surface area (Å²) in [6.07, 6.45) is -7.91. The van der Waals surface area contributed by atoms with E-state index in [0.717, 1.165) is 27.8 Å². The molecule has 0 amide bonds. The summed E-state index contributed by atoms with van der Waals surface area (Å²) in [4.78, 5) is 28.8. The quantitative estimate of drug-likeness (QED) is 0.0275. The molecule has 0 N–H and O–H groups in total. The summed E-state index contributed by atoms with van der Waals surface area (Å²) in [5.41, 5.74) is 3.87. The van der Waals surface area contributed by atoms with Crippen molar-refractivity contribution in [2.45, 2.75) is 128 Å². The number of ether oxygens (including phenoxy) is 11. The Kier molecular flexibility index (Phi) is 21.7. The third-order valence-corrected chi connectivity index (χ3v) is 13.1. The van der Waals surface area contributed by atoms with Gasteiger partial charge in [0.2, 0.25) is 0 Å². The van der Waals surface area contributed by atoms with Crippen LogP contribution in [0.5, 0.6) is 0 Å². The maximum Gasteiger partial charge on any atom is 0.338 e. The first kappa shape index (κ1) is 56.8. The Labute approximate surface area is 453 Å². The second kappa shape index (κ2) is 29.4. The van der Waals surface area contributed by atoms with Gasteiger partial charge in [0.1, 0.15) is 36.6 Å². The molecule has 2 aliphatic heterocycles. The van der Waals surface area contributed by atoms with Crippen molar-refractivity contribution in [3.63, 3.8) is 0 Å². The topological polar surface area (TPSA) is 136 Å². The molecular weight excluding hydrogens is 977 g/mol. The van der Waals surface area contributed by atoms with Crippen LogP contribution in [0.4, 0.5) is 0 Å². The molecule has 0 radical (unpaired) electrons. The van der Waals surface area contributed by atoms with Gasteiger partial charge in [0.25, 0.3) is 0 Å². The molecule has 0 aromatic heterocycles. The molecule has 2 saturated heterocycles. The summed E-state index contributed by atoms with van der Waals surface area (Å²) in [6.45, 7) is 10.4. The van der Waals surface area contributed by atoms with E-state index >= 15 is 0 Å². The van der Waals surface area contributed by atoms with Crippen LogP contribution in [0.3, 0.4) is 0 Å². The molecule has 10 atom stereocenters. The number of rotatable bonds is 27. The van der Waals surface area contributed by atoms with E-state index in [9.17, 15) is 9.59 Å². The minimum absolute atomic E-state index is 0.0238. The molecule has 77 heavy (non-hydrogen) atoms. The van der Waals surface area contributed by atoms with Crippen LogP contribution in [0, 0.1) is 5.41 Å². The van der Waals surface area contributed by atoms with Crippen molar-refractivity contribution < 1.29 is 61.7 Å². The number of hydrogen-bond donors (Lipinski definition) is 0. The zero-order valence-corrected chi connectivity index (χ0v) is 44.3. The van der Waals surface area contributed by atoms with Gasteiger partial charge in [0, 0.05) is 0 Å². The van der Waals surface area contributed by atoms with E-state index in [2.05, 4.69) is 6.58 Å². The Balaban J connectivity index is 1.23. The normalized spacial score (nSPS) is 23.4. The third-order valence-electron chi connectivity index (χ3n) is 13.1. The monoisotopic (exact) mass is 1050 g/mol. The Bertz CT molecular complexity index is 2640. The Hall–Kier alpha value is -6.36. The highest BCUT2D eigenvalue weighted by Crippen LogP contribution is 2.38. The van der Waals surface area contributed by atoms with Crippen LogP contribution in [-0.2, 0) is 89.9 Å². The molecule has 13 heteroatoms. The van der Waals surface area contributed by atoms with Crippen LogP contribution in [0.25, 0.3) is 0 Å². The molecule has 0 bridgehead atoms. The molecule has 6 aromatic carbocycles. The van der Waals surface area contributed by atoms with E-state index < -0.39 is 78.8 Å². The van der Waals surface area contributed by atoms with Crippen LogP contribution >= 0.6 is 0 Å². The van der Waals surface area contributed by atoms with E-state index in [-0.39, 0.29) is 52.9 Å². The van der Waals surface area contributed by atoms with E-state index in [4.69, 9.17) is 52.1 Å². The molecule has 2 fully saturated rings. The van der Waals surface area contributed by atoms with Crippen LogP contribution in [-0.4, -0.2) is 93.2 Å². The van der Waals surface area contributed by atoms with E-state index in [1.165, 1.54) is 0 Å². The first-order valence-corrected chi connectivity index (χ1v) is 26.5. The lowest BCUT2D eigenvalue weighted by atomic mass is 9.94. The van der Waals surface area contributed by atoms with E-state index in [1.807, 2.05) is 164 Å². The fraction of sp³-hybridized carbons (Fsp3) is 0.375. The molecule has 406 valence electrons. The first-order chi connectivity index (χ1) is 37.6. The molecular formula is C64H72O13. The maximum absolute atomic E-state index is 14.4. The van der Waals surface area contributed by atoms with Gasteiger partial charge in [0.15, 0.2) is 24.8 Å². The lowest BCUT2D eigenvalue weighted by Gasteiger charge is -2.50. The van der Waals surface area contributed by atoms with Crippen LogP contribution in [0.1, 0.15) is 71.8 Å². The SMILES string of the molecule is C=CCCCO[C@H]1O[C@H](COCc2ccccc2)[C@@H](O[C@@H]2O[C@H](COCc3ccccc3)[C@H](OCc3ccccc3)[C@H](OCc3ccccc3)[C@H]2OC(=O)C(C)(C)C)[C@H](OCc2ccccc2)[C@@H]1OC(=O)c1ccccc1. The molecule has 0 unspecified atom stereocenters. The second-order valence-corrected chi connectivity index (χ2v) is 20.1. The molecule has 2 heterocycles. The van der Waals surface area contributed by atoms with E-state index in [0.29, 0.717) is 18.4 Å². The number of carbonyl (C=O) groups is 2. The smallest absolute Gasteiger partial charge is 0.338 e. The summed E-state index contributed by atoms with van der Waals surface area (Å²) in [6, 6.07) is 57.5. The summed E-state index contributed by atoms with van der Waals surface area (Å²) in [7, 11) is 0. The summed E-state index contributed by atoms with van der Waals surface area (Å²) in [5.74, 6) is -1.16. The van der Waals surface area contributed by atoms with E-state index in [1.54, 1.807) is 45.0 Å². The number of carbonyl (C=O) groups excluding carboxylic acids is 2. The second-order valence-electron chi connectivity index (χ2n) is 20.1. The largest absolute Gasteiger partial charge is 0.454 e. The summed E-state index contributed by atoms with van der Waals surface area (Å²) < 4.78 is 75.0. The van der Waals surface area contributed by atoms with Gasteiger partial charge in [-0.15, -0.1) is 6.58 Å². The van der Waals surface area contributed by atoms with Crippen molar-refractivity contribution in [1.82, 2.24) is 0 Å². The molecule has 8 rings (SSSR count). The lowest BCUT2D eigenvalue weighted by Crippen LogP contribution is -2.67. The van der Waals surface area contributed by atoms with Crippen molar-refractivity contribution in [3.8, 4) is 0 Å². The molecule has 0 spiro atoms. The minimum atomic E-state index is -1.40. The van der Waals surface area contributed by atoms with Gasteiger partial charge in [0.05, 0.1) is 63.8 Å². The van der Waals surface area contributed by atoms with Crippen molar-refractivity contribution in [2.24, 2.45) is 5.41 Å². The average molecular weight is 1050 g/mol. The first-order valence-electron chi connectivity index (χ1n) is 26.5. The number of allylic oxidation sites excluding steroid dienone is 1. The Morgan fingerprint density at radius 3 is 1.31 bits per heavy atom. The molecule has 6 aromatic rings. The standard InChI is InChI=1S/C64H72O13/c1-5-6-25-38-69-61-58(75-60(65)51-36-23-12-24-37-51)57(72-43-50-34-21-11-22-35-50)55(53(73-61)45-68-40-47-28-15-8-16-29-47)76-62-59(77-63(66)64(2,3)4)56(71-42-49-32-19-10-20-33-49)54(70-41-48-30-17-9-18-31-48)52(74-62)44-67-39-46-26-13-7-14-27-46/h5,7-24,26-37,52-59,61-62H,1,6,25,38-45H2,2-4H3/t52-,53-,54+,55-,56+,57+,58+,59-,61+,62+/m1/s1. The minimum Gasteiger partial charge on any atom is -0.454 e. The fourth-order valence-corrected chi connectivity index (χ4v) is 8.95.